The lowest BCUT2D eigenvalue weighted by Gasteiger charge is -2.05. The Bertz CT molecular complexity index is 872. The summed E-state index contributed by atoms with van der Waals surface area (Å²) in [5.74, 6) is 0.549. The Labute approximate surface area is 142 Å². The van der Waals surface area contributed by atoms with Crippen molar-refractivity contribution >= 4 is 33.1 Å². The molecule has 3 rings (SSSR count). The van der Waals surface area contributed by atoms with E-state index in [1.54, 1.807) is 18.2 Å². The van der Waals surface area contributed by atoms with Crippen LogP contribution in [0, 0.1) is 6.92 Å². The Morgan fingerprint density at radius 2 is 2.22 bits per heavy atom. The predicted molar refractivity (Wildman–Crippen MR) is 87.9 cm³/mol. The van der Waals surface area contributed by atoms with Crippen LogP contribution in [-0.4, -0.2) is 18.4 Å². The van der Waals surface area contributed by atoms with Crippen molar-refractivity contribution in [1.82, 2.24) is 14.7 Å². The smallest absolute Gasteiger partial charge is 0.242 e. The number of aromatic nitrogens is 2. The lowest BCUT2D eigenvalue weighted by atomic mass is 10.5. The van der Waals surface area contributed by atoms with Crippen molar-refractivity contribution in [3.8, 4) is 0 Å². The predicted octanol–water partition coefficient (Wildman–Crippen LogP) is 3.07. The Morgan fingerprint density at radius 3 is 2.83 bits per heavy atom. The summed E-state index contributed by atoms with van der Waals surface area (Å²) in [7, 11) is -3.62. The maximum atomic E-state index is 12.2. The van der Waals surface area contributed by atoms with E-state index in [9.17, 15) is 8.42 Å². The molecule has 0 aliphatic carbocycles. The highest BCUT2D eigenvalue weighted by molar-refractivity contribution is 8.01. The van der Waals surface area contributed by atoms with Crippen LogP contribution in [0.5, 0.6) is 0 Å². The molecule has 0 saturated carbocycles. The molecule has 0 atom stereocenters. The van der Waals surface area contributed by atoms with Gasteiger partial charge in [0.2, 0.25) is 10.0 Å². The molecule has 120 valence electrons. The number of sulfonamides is 1. The number of furan rings is 1. The van der Waals surface area contributed by atoms with Crippen molar-refractivity contribution in [2.24, 2.45) is 0 Å². The summed E-state index contributed by atoms with van der Waals surface area (Å²) in [6.45, 7) is 2.03. The van der Waals surface area contributed by atoms with Gasteiger partial charge in [-0.15, -0.1) is 11.3 Å². The molecule has 9 heteroatoms. The third-order valence-corrected chi connectivity index (χ3v) is 6.22. The first-order valence-corrected chi connectivity index (χ1v) is 9.79. The Morgan fingerprint density at radius 1 is 1.35 bits per heavy atom. The molecule has 3 aromatic rings. The minimum absolute atomic E-state index is 0.101. The number of pyridine rings is 1. The Hall–Kier alpha value is -1.68. The number of thiazole rings is 1. The van der Waals surface area contributed by atoms with Crippen molar-refractivity contribution in [1.29, 1.82) is 0 Å². The largest absolute Gasteiger partial charge is 0.468 e. The van der Waals surface area contributed by atoms with Crippen molar-refractivity contribution in [2.75, 3.05) is 0 Å². The van der Waals surface area contributed by atoms with Gasteiger partial charge >= 0.3 is 0 Å². The lowest BCUT2D eigenvalue weighted by molar-refractivity contribution is 0.498. The lowest BCUT2D eigenvalue weighted by Crippen LogP contribution is -2.23. The van der Waals surface area contributed by atoms with E-state index in [2.05, 4.69) is 14.7 Å². The van der Waals surface area contributed by atoms with Gasteiger partial charge in [-0.1, -0.05) is 0 Å². The second-order valence-corrected chi connectivity index (χ2v) is 8.49. The van der Waals surface area contributed by atoms with Gasteiger partial charge in [0, 0.05) is 17.3 Å². The van der Waals surface area contributed by atoms with Gasteiger partial charge in [0.05, 0.1) is 12.8 Å². The first kappa shape index (κ1) is 16.2. The fraction of sp³-hybridized carbons (Fsp3) is 0.143. The molecule has 0 aromatic carbocycles. The van der Waals surface area contributed by atoms with E-state index in [4.69, 9.17) is 4.42 Å². The zero-order chi connectivity index (χ0) is 16.3. The summed E-state index contributed by atoms with van der Waals surface area (Å²) in [5.41, 5.74) is 0.957. The van der Waals surface area contributed by atoms with Crippen LogP contribution < -0.4 is 4.72 Å². The molecule has 0 bridgehead atoms. The summed E-state index contributed by atoms with van der Waals surface area (Å²) in [6.07, 6.45) is 2.84. The molecule has 23 heavy (non-hydrogen) atoms. The fourth-order valence-electron chi connectivity index (χ4n) is 1.72. The molecule has 1 N–H and O–H groups in total. The van der Waals surface area contributed by atoms with Gasteiger partial charge in [-0.3, -0.25) is 0 Å². The minimum atomic E-state index is -3.62. The summed E-state index contributed by atoms with van der Waals surface area (Å²) in [6, 6.07) is 6.61. The molecule has 3 aromatic heterocycles. The first-order chi connectivity index (χ1) is 11.0. The first-order valence-electron chi connectivity index (χ1n) is 6.61. The van der Waals surface area contributed by atoms with Gasteiger partial charge in [-0.05, 0) is 43.0 Å². The summed E-state index contributed by atoms with van der Waals surface area (Å²) in [5, 5.41) is 2.66. The second-order valence-electron chi connectivity index (χ2n) is 4.59. The Balaban J connectivity index is 1.68. The molecule has 0 radical (unpaired) electrons. The highest BCUT2D eigenvalue weighted by atomic mass is 32.2. The van der Waals surface area contributed by atoms with Crippen molar-refractivity contribution in [3.05, 3.63) is 53.6 Å². The van der Waals surface area contributed by atoms with E-state index in [-0.39, 0.29) is 11.4 Å². The van der Waals surface area contributed by atoms with Crippen LogP contribution in [0.1, 0.15) is 11.5 Å². The molecule has 6 nitrogen and oxygen atoms in total. The maximum absolute atomic E-state index is 12.2. The minimum Gasteiger partial charge on any atom is -0.468 e. The van der Waals surface area contributed by atoms with E-state index in [0.717, 1.165) is 10.0 Å². The van der Waals surface area contributed by atoms with Crippen LogP contribution >= 0.6 is 23.1 Å². The van der Waals surface area contributed by atoms with E-state index >= 15 is 0 Å². The third kappa shape index (κ3) is 4.20. The van der Waals surface area contributed by atoms with Crippen LogP contribution in [0.15, 0.2) is 60.8 Å². The third-order valence-electron chi connectivity index (χ3n) is 2.83. The average Bonchev–Trinajstić information content (AvgIpc) is 3.18. The van der Waals surface area contributed by atoms with Crippen LogP contribution in [0.3, 0.4) is 0 Å². The summed E-state index contributed by atoms with van der Waals surface area (Å²) in [4.78, 5) is 8.63. The SMILES string of the molecule is Cc1csc(Sc2ccc(S(=O)(=O)NCc3ccco3)cn2)n1. The van der Waals surface area contributed by atoms with Gasteiger partial charge in [0.25, 0.3) is 0 Å². The van der Waals surface area contributed by atoms with Crippen LogP contribution in [0.25, 0.3) is 0 Å². The molecular weight excluding hydrogens is 354 g/mol. The normalized spacial score (nSPS) is 11.7. The van der Waals surface area contributed by atoms with Crippen LogP contribution in [0.2, 0.25) is 0 Å². The van der Waals surface area contributed by atoms with Gasteiger partial charge in [-0.25, -0.2) is 23.1 Å². The van der Waals surface area contributed by atoms with Crippen LogP contribution in [-0.2, 0) is 16.6 Å². The highest BCUT2D eigenvalue weighted by Crippen LogP contribution is 2.29. The maximum Gasteiger partial charge on any atom is 0.242 e. The molecule has 0 unspecified atom stereocenters. The molecule has 0 aliphatic rings. The number of hydrogen-bond donors (Lipinski definition) is 1. The van der Waals surface area contributed by atoms with Crippen molar-refractivity contribution < 1.29 is 12.8 Å². The molecule has 0 aliphatic heterocycles. The zero-order valence-electron chi connectivity index (χ0n) is 12.1. The molecular formula is C14H13N3O3S3. The molecule has 3 heterocycles. The number of nitrogens with zero attached hydrogens (tertiary/aromatic N) is 2. The van der Waals surface area contributed by atoms with E-state index in [0.29, 0.717) is 10.8 Å². The van der Waals surface area contributed by atoms with E-state index < -0.39 is 10.0 Å². The monoisotopic (exact) mass is 367 g/mol. The highest BCUT2D eigenvalue weighted by Gasteiger charge is 2.15. The average molecular weight is 367 g/mol. The van der Waals surface area contributed by atoms with Crippen molar-refractivity contribution in [2.45, 2.75) is 27.7 Å². The van der Waals surface area contributed by atoms with Gasteiger partial charge < -0.3 is 4.42 Å². The Kier molecular flexibility index (Phi) is 4.81. The summed E-state index contributed by atoms with van der Waals surface area (Å²) >= 11 is 2.94. The number of nitrogens with one attached hydrogen (secondary N) is 1. The molecule has 0 amide bonds. The number of rotatable bonds is 6. The number of aryl methyl sites for hydroxylation is 1. The number of hydrogen-bond acceptors (Lipinski definition) is 7. The summed E-state index contributed by atoms with van der Waals surface area (Å²) < 4.78 is 32.8. The molecule has 0 fully saturated rings. The van der Waals surface area contributed by atoms with Crippen LogP contribution in [0.4, 0.5) is 0 Å². The van der Waals surface area contributed by atoms with Gasteiger partial charge in [0.1, 0.15) is 15.7 Å². The van der Waals surface area contributed by atoms with E-state index in [1.165, 1.54) is 41.6 Å². The van der Waals surface area contributed by atoms with Gasteiger partial charge in [-0.2, -0.15) is 0 Å². The topological polar surface area (TPSA) is 85.1 Å². The molecule has 0 saturated heterocycles. The fourth-order valence-corrected chi connectivity index (χ4v) is 4.38. The van der Waals surface area contributed by atoms with E-state index in [1.807, 2.05) is 12.3 Å². The van der Waals surface area contributed by atoms with Crippen molar-refractivity contribution in [3.63, 3.8) is 0 Å². The quantitative estimate of drug-likeness (QED) is 0.721. The standard InChI is InChI=1S/C14H13N3O3S3/c1-10-9-21-14(17-10)22-13-5-4-12(8-15-13)23(18,19)16-7-11-3-2-6-20-11/h2-6,8-9,16H,7H2,1H3. The zero-order valence-corrected chi connectivity index (χ0v) is 14.5. The van der Waals surface area contributed by atoms with Gasteiger partial charge in [0.15, 0.2) is 4.34 Å². The second kappa shape index (κ2) is 6.83. The molecule has 0 spiro atoms.